The van der Waals surface area contributed by atoms with Crippen LogP contribution in [0, 0.1) is 24.3 Å². The number of ether oxygens (including phenoxy) is 2. The topological polar surface area (TPSA) is 52.6 Å². The molecule has 118 valence electrons. The average Bonchev–Trinajstić information content (AvgIpc) is 2.83. The van der Waals surface area contributed by atoms with Gasteiger partial charge in [-0.1, -0.05) is 38.4 Å². The molecule has 0 radical (unpaired) electrons. The fourth-order valence-corrected chi connectivity index (χ4v) is 5.49. The van der Waals surface area contributed by atoms with E-state index in [4.69, 9.17) is 9.47 Å². The maximum atomic E-state index is 12.3. The van der Waals surface area contributed by atoms with E-state index in [0.29, 0.717) is 12.8 Å². The maximum Gasteiger partial charge on any atom is 0.354 e. The second-order valence-electron chi connectivity index (χ2n) is 6.02. The van der Waals surface area contributed by atoms with Crippen molar-refractivity contribution in [1.29, 1.82) is 0 Å². The van der Waals surface area contributed by atoms with E-state index in [1.165, 1.54) is 5.56 Å². The Kier molecular flexibility index (Phi) is 4.09. The third-order valence-electron chi connectivity index (χ3n) is 4.05. The van der Waals surface area contributed by atoms with Crippen molar-refractivity contribution in [3.05, 3.63) is 32.4 Å². The second-order valence-corrected chi connectivity index (χ2v) is 8.71. The van der Waals surface area contributed by atoms with Gasteiger partial charge < -0.3 is 9.47 Å². The van der Waals surface area contributed by atoms with Crippen LogP contribution in [-0.4, -0.2) is 21.2 Å². The minimum Gasteiger partial charge on any atom is -0.418 e. The van der Waals surface area contributed by atoms with Gasteiger partial charge >= 0.3 is 11.9 Å². The Balaban J connectivity index is 1.95. The first-order valence-corrected chi connectivity index (χ1v) is 9.62. The second kappa shape index (κ2) is 5.76. The monoisotopic (exact) mass is 414 g/mol. The summed E-state index contributed by atoms with van der Waals surface area (Å²) >= 11 is -0.896. The SMILES string of the molecule is Cc1cc(C)c(I=C2C(=O)OC3(CCCC3)OC2=O)c(C)c1. The Hall–Kier alpha value is -1.24. The Morgan fingerprint density at radius 1 is 0.955 bits per heavy atom. The maximum absolute atomic E-state index is 12.3. The van der Waals surface area contributed by atoms with E-state index < -0.39 is 38.5 Å². The Morgan fingerprint density at radius 2 is 1.45 bits per heavy atom. The molecule has 1 heterocycles. The van der Waals surface area contributed by atoms with Crippen LogP contribution in [0.3, 0.4) is 0 Å². The third-order valence-corrected chi connectivity index (χ3v) is 7.71. The molecule has 22 heavy (non-hydrogen) atoms. The van der Waals surface area contributed by atoms with Crippen LogP contribution in [0.4, 0.5) is 0 Å². The van der Waals surface area contributed by atoms with E-state index in [-0.39, 0.29) is 3.51 Å². The van der Waals surface area contributed by atoms with Gasteiger partial charge in [0.15, 0.2) is 3.51 Å². The van der Waals surface area contributed by atoms with Crippen LogP contribution in [0.5, 0.6) is 0 Å². The first-order chi connectivity index (χ1) is 10.4. The van der Waals surface area contributed by atoms with Crippen LogP contribution >= 0.6 is 20.7 Å². The number of halogens is 1. The van der Waals surface area contributed by atoms with Crippen molar-refractivity contribution in [3.8, 4) is 0 Å². The molecule has 1 saturated carbocycles. The predicted molar refractivity (Wildman–Crippen MR) is 91.8 cm³/mol. The quantitative estimate of drug-likeness (QED) is 0.523. The van der Waals surface area contributed by atoms with Gasteiger partial charge in [0.05, 0.1) is 0 Å². The summed E-state index contributed by atoms with van der Waals surface area (Å²) in [7, 11) is 0. The fourth-order valence-electron chi connectivity index (χ4n) is 3.13. The first-order valence-electron chi connectivity index (χ1n) is 7.46. The molecule has 1 aliphatic heterocycles. The van der Waals surface area contributed by atoms with Gasteiger partial charge in [-0.25, -0.2) is 9.59 Å². The van der Waals surface area contributed by atoms with Gasteiger partial charge in [0.25, 0.3) is 5.79 Å². The summed E-state index contributed by atoms with van der Waals surface area (Å²) in [6.07, 6.45) is 3.11. The van der Waals surface area contributed by atoms with Crippen LogP contribution in [0.25, 0.3) is 0 Å². The summed E-state index contributed by atoms with van der Waals surface area (Å²) in [5.74, 6) is -1.91. The average molecular weight is 414 g/mol. The van der Waals surface area contributed by atoms with Crippen molar-refractivity contribution < 1.29 is 19.1 Å². The van der Waals surface area contributed by atoms with E-state index in [1.54, 1.807) is 0 Å². The predicted octanol–water partition coefficient (Wildman–Crippen LogP) is 3.29. The molecule has 2 aliphatic rings. The lowest BCUT2D eigenvalue weighted by molar-refractivity contribution is -0.224. The number of aryl methyl sites for hydroxylation is 3. The molecular weight excluding hydrogens is 395 g/mol. The van der Waals surface area contributed by atoms with Gasteiger partial charge in [-0.3, -0.25) is 0 Å². The highest BCUT2D eigenvalue weighted by Gasteiger charge is 2.48. The number of carbonyl (C=O) groups is 2. The molecule has 1 aliphatic carbocycles. The van der Waals surface area contributed by atoms with Crippen LogP contribution in [-0.2, 0) is 19.1 Å². The molecule has 0 unspecified atom stereocenters. The summed E-state index contributed by atoms with van der Waals surface area (Å²) in [4.78, 5) is 24.7. The number of rotatable bonds is 1. The molecule has 1 saturated heterocycles. The Labute approximate surface area is 139 Å². The molecule has 0 bridgehead atoms. The minimum atomic E-state index is -0.973. The lowest BCUT2D eigenvalue weighted by Crippen LogP contribution is -2.48. The van der Waals surface area contributed by atoms with Crippen LogP contribution in [0.2, 0.25) is 0 Å². The minimum absolute atomic E-state index is 0.214. The number of hydrogen-bond donors (Lipinski definition) is 0. The van der Waals surface area contributed by atoms with Gasteiger partial charge in [0.1, 0.15) is 0 Å². The highest BCUT2D eigenvalue weighted by Crippen LogP contribution is 2.38. The van der Waals surface area contributed by atoms with E-state index in [0.717, 1.165) is 27.5 Å². The summed E-state index contributed by atoms with van der Waals surface area (Å²) in [5, 5.41) is 0. The number of esters is 2. The molecule has 1 spiro atoms. The number of hydrogen-bond acceptors (Lipinski definition) is 4. The summed E-state index contributed by atoms with van der Waals surface area (Å²) in [6.45, 7) is 6.09. The van der Waals surface area contributed by atoms with Crippen molar-refractivity contribution >= 4 is 36.2 Å². The summed E-state index contributed by atoms with van der Waals surface area (Å²) < 4.78 is 12.3. The van der Waals surface area contributed by atoms with Crippen molar-refractivity contribution in [2.75, 3.05) is 0 Å². The number of benzene rings is 1. The molecule has 4 nitrogen and oxygen atoms in total. The molecule has 0 atom stereocenters. The number of carbonyl (C=O) groups excluding carboxylic acids is 2. The third kappa shape index (κ3) is 2.83. The summed E-state index contributed by atoms with van der Waals surface area (Å²) in [5.41, 5.74) is 3.44. The normalized spacial score (nSPS) is 20.2. The molecule has 1 aromatic rings. The molecule has 0 N–H and O–H groups in total. The lowest BCUT2D eigenvalue weighted by atomic mass is 10.1. The molecule has 2 fully saturated rings. The zero-order valence-corrected chi connectivity index (χ0v) is 15.2. The van der Waals surface area contributed by atoms with Gasteiger partial charge in [-0.05, 0) is 44.7 Å². The van der Waals surface area contributed by atoms with Gasteiger partial charge in [0.2, 0.25) is 0 Å². The van der Waals surface area contributed by atoms with Crippen molar-refractivity contribution in [1.82, 2.24) is 0 Å². The van der Waals surface area contributed by atoms with Crippen LogP contribution < -0.4 is 0 Å². The van der Waals surface area contributed by atoms with Crippen molar-refractivity contribution in [2.24, 2.45) is 0 Å². The Bertz CT molecular complexity index is 639. The first kappa shape index (κ1) is 15.6. The molecule has 0 aromatic heterocycles. The highest BCUT2D eigenvalue weighted by atomic mass is 127. The molecule has 3 rings (SSSR count). The van der Waals surface area contributed by atoms with Crippen LogP contribution in [0.15, 0.2) is 12.1 Å². The zero-order chi connectivity index (χ0) is 15.9. The van der Waals surface area contributed by atoms with Gasteiger partial charge in [-0.15, -0.1) is 0 Å². The molecule has 5 heteroatoms. The zero-order valence-electron chi connectivity index (χ0n) is 13.0. The highest BCUT2D eigenvalue weighted by molar-refractivity contribution is 14.2. The van der Waals surface area contributed by atoms with E-state index in [2.05, 4.69) is 12.1 Å². The van der Waals surface area contributed by atoms with E-state index >= 15 is 0 Å². The largest absolute Gasteiger partial charge is 0.418 e. The van der Waals surface area contributed by atoms with E-state index in [9.17, 15) is 9.59 Å². The van der Waals surface area contributed by atoms with Crippen molar-refractivity contribution in [3.63, 3.8) is 0 Å². The standard InChI is InChI=1S/C17H19IO4/c1-10-8-11(2)13(12(3)9-10)18-14-15(19)21-17(22-16(14)20)6-4-5-7-17/h8-9H,4-7H2,1-3H3. The van der Waals surface area contributed by atoms with E-state index in [1.807, 2.05) is 20.8 Å². The van der Waals surface area contributed by atoms with Gasteiger partial charge in [0, 0.05) is 16.4 Å². The molecule has 0 amide bonds. The van der Waals surface area contributed by atoms with Crippen molar-refractivity contribution in [2.45, 2.75) is 52.2 Å². The van der Waals surface area contributed by atoms with Crippen LogP contribution in [0.1, 0.15) is 42.4 Å². The Morgan fingerprint density at radius 3 is 1.95 bits per heavy atom. The van der Waals surface area contributed by atoms with Gasteiger partial charge in [-0.2, -0.15) is 0 Å². The molecular formula is C17H19IO4. The smallest absolute Gasteiger partial charge is 0.354 e. The lowest BCUT2D eigenvalue weighted by Gasteiger charge is -2.32. The molecule has 1 aromatic carbocycles. The fraction of sp³-hybridized carbons (Fsp3) is 0.471. The summed E-state index contributed by atoms with van der Waals surface area (Å²) in [6, 6.07) is 4.17.